The Morgan fingerprint density at radius 3 is 2.70 bits per heavy atom. The third kappa shape index (κ3) is 4.66. The molecule has 0 bridgehead atoms. The summed E-state index contributed by atoms with van der Waals surface area (Å²) < 4.78 is 0. The molecule has 0 saturated heterocycles. The highest BCUT2D eigenvalue weighted by Crippen LogP contribution is 2.39. The van der Waals surface area contributed by atoms with Crippen LogP contribution >= 0.6 is 0 Å². The number of rotatable bonds is 8. The zero-order chi connectivity index (χ0) is 16.1. The summed E-state index contributed by atoms with van der Waals surface area (Å²) in [6.45, 7) is 2.81. The van der Waals surface area contributed by atoms with Crippen LogP contribution in [0.15, 0.2) is 36.4 Å². The molecule has 1 aliphatic rings. The van der Waals surface area contributed by atoms with Crippen LogP contribution in [-0.4, -0.2) is 34.3 Å². The minimum absolute atomic E-state index is 0.0541. The molecule has 5 nitrogen and oxygen atoms in total. The first-order valence-corrected chi connectivity index (χ1v) is 8.29. The van der Waals surface area contributed by atoms with Gasteiger partial charge in [-0.2, -0.15) is 4.98 Å². The van der Waals surface area contributed by atoms with Crippen LogP contribution in [0.5, 0.6) is 0 Å². The molecule has 1 fully saturated rings. The summed E-state index contributed by atoms with van der Waals surface area (Å²) in [6.07, 6.45) is 3.37. The number of benzene rings is 1. The maximum atomic E-state index is 9.19. The van der Waals surface area contributed by atoms with Crippen molar-refractivity contribution in [2.24, 2.45) is 0 Å². The lowest BCUT2D eigenvalue weighted by molar-refractivity contribution is 0.281. The van der Waals surface area contributed by atoms with Gasteiger partial charge in [0.15, 0.2) is 0 Å². The van der Waals surface area contributed by atoms with Crippen LogP contribution < -0.4 is 10.6 Å². The van der Waals surface area contributed by atoms with Crippen molar-refractivity contribution in [3.8, 4) is 0 Å². The smallest absolute Gasteiger partial charge is 0.225 e. The number of nitrogens with zero attached hydrogens (tertiary/aromatic N) is 2. The third-order valence-corrected chi connectivity index (χ3v) is 3.95. The van der Waals surface area contributed by atoms with E-state index in [1.54, 1.807) is 0 Å². The van der Waals surface area contributed by atoms with Crippen molar-refractivity contribution in [3.05, 3.63) is 47.7 Å². The number of nitrogens with one attached hydrogen (secondary N) is 2. The Morgan fingerprint density at radius 1 is 1.22 bits per heavy atom. The van der Waals surface area contributed by atoms with Crippen molar-refractivity contribution in [2.45, 2.75) is 38.1 Å². The quantitative estimate of drug-likeness (QED) is 0.699. The molecule has 0 aliphatic heterocycles. The number of hydrogen-bond acceptors (Lipinski definition) is 5. The Bertz CT molecular complexity index is 628. The topological polar surface area (TPSA) is 70.1 Å². The van der Waals surface area contributed by atoms with Gasteiger partial charge in [-0.1, -0.05) is 30.3 Å². The molecule has 122 valence electrons. The molecule has 0 radical (unpaired) electrons. The van der Waals surface area contributed by atoms with Gasteiger partial charge in [0.1, 0.15) is 5.82 Å². The SMILES string of the molecule is C[C@H](CO)Nc1nc(NCCc2ccccc2)cc(C2CC2)n1. The molecule has 3 N–H and O–H groups in total. The van der Waals surface area contributed by atoms with Crippen molar-refractivity contribution >= 4 is 11.8 Å². The zero-order valence-corrected chi connectivity index (χ0v) is 13.5. The molecule has 23 heavy (non-hydrogen) atoms. The molecular formula is C18H24N4O. The minimum Gasteiger partial charge on any atom is -0.394 e. The van der Waals surface area contributed by atoms with Crippen molar-refractivity contribution in [1.29, 1.82) is 0 Å². The highest BCUT2D eigenvalue weighted by Gasteiger charge is 2.26. The van der Waals surface area contributed by atoms with Gasteiger partial charge in [0, 0.05) is 24.6 Å². The molecule has 0 amide bonds. The van der Waals surface area contributed by atoms with E-state index < -0.39 is 0 Å². The molecule has 3 rings (SSSR count). The molecule has 1 aromatic carbocycles. The van der Waals surface area contributed by atoms with Gasteiger partial charge in [-0.25, -0.2) is 4.98 Å². The molecule has 1 heterocycles. The largest absolute Gasteiger partial charge is 0.394 e. The Kier molecular flexibility index (Phi) is 5.08. The predicted molar refractivity (Wildman–Crippen MR) is 92.8 cm³/mol. The molecule has 1 atom stereocenters. The van der Waals surface area contributed by atoms with E-state index in [1.807, 2.05) is 13.0 Å². The average Bonchev–Trinajstić information content (AvgIpc) is 3.40. The second kappa shape index (κ2) is 7.42. The van der Waals surface area contributed by atoms with Crippen molar-refractivity contribution in [2.75, 3.05) is 23.8 Å². The summed E-state index contributed by atoms with van der Waals surface area (Å²) in [7, 11) is 0. The van der Waals surface area contributed by atoms with E-state index in [0.717, 1.165) is 24.5 Å². The lowest BCUT2D eigenvalue weighted by Gasteiger charge is -2.14. The van der Waals surface area contributed by atoms with Crippen LogP contribution in [0.25, 0.3) is 0 Å². The summed E-state index contributed by atoms with van der Waals surface area (Å²) >= 11 is 0. The predicted octanol–water partition coefficient (Wildman–Crippen LogP) is 2.80. The standard InChI is InChI=1S/C18H24N4O/c1-13(12-23)20-18-21-16(15-7-8-15)11-17(22-18)19-10-9-14-5-3-2-4-6-14/h2-6,11,13,15,23H,7-10,12H2,1H3,(H2,19,20,21,22)/t13-/m1/s1. The van der Waals surface area contributed by atoms with E-state index in [2.05, 4.69) is 50.9 Å². The summed E-state index contributed by atoms with van der Waals surface area (Å²) in [4.78, 5) is 9.09. The Balaban J connectivity index is 1.65. The van der Waals surface area contributed by atoms with Crippen LogP contribution in [0.4, 0.5) is 11.8 Å². The van der Waals surface area contributed by atoms with Crippen LogP contribution in [0.2, 0.25) is 0 Å². The molecule has 0 spiro atoms. The highest BCUT2D eigenvalue weighted by molar-refractivity contribution is 5.44. The Morgan fingerprint density at radius 2 is 2.00 bits per heavy atom. The van der Waals surface area contributed by atoms with Gasteiger partial charge in [-0.15, -0.1) is 0 Å². The van der Waals surface area contributed by atoms with E-state index in [1.165, 1.54) is 18.4 Å². The lowest BCUT2D eigenvalue weighted by Crippen LogP contribution is -2.21. The van der Waals surface area contributed by atoms with Gasteiger partial charge in [0.25, 0.3) is 0 Å². The second-order valence-electron chi connectivity index (χ2n) is 6.17. The van der Waals surface area contributed by atoms with Gasteiger partial charge in [-0.05, 0) is 31.7 Å². The zero-order valence-electron chi connectivity index (χ0n) is 13.5. The Hall–Kier alpha value is -2.14. The molecule has 2 aromatic rings. The van der Waals surface area contributed by atoms with Crippen molar-refractivity contribution in [1.82, 2.24) is 9.97 Å². The van der Waals surface area contributed by atoms with Gasteiger partial charge >= 0.3 is 0 Å². The number of aliphatic hydroxyl groups is 1. The maximum absolute atomic E-state index is 9.19. The third-order valence-electron chi connectivity index (χ3n) is 3.95. The Labute approximate surface area is 137 Å². The number of hydrogen-bond donors (Lipinski definition) is 3. The van der Waals surface area contributed by atoms with E-state index in [-0.39, 0.29) is 12.6 Å². The van der Waals surface area contributed by atoms with Gasteiger partial charge in [0.05, 0.1) is 12.3 Å². The first-order valence-electron chi connectivity index (χ1n) is 8.29. The van der Waals surface area contributed by atoms with Crippen molar-refractivity contribution < 1.29 is 5.11 Å². The maximum Gasteiger partial charge on any atom is 0.225 e. The lowest BCUT2D eigenvalue weighted by atomic mass is 10.1. The van der Waals surface area contributed by atoms with Crippen LogP contribution in [-0.2, 0) is 6.42 Å². The monoisotopic (exact) mass is 312 g/mol. The van der Waals surface area contributed by atoms with Gasteiger partial charge < -0.3 is 15.7 Å². The van der Waals surface area contributed by atoms with Crippen LogP contribution in [0.1, 0.15) is 36.9 Å². The van der Waals surface area contributed by atoms with E-state index in [9.17, 15) is 5.11 Å². The van der Waals surface area contributed by atoms with E-state index in [0.29, 0.717) is 11.9 Å². The summed E-state index contributed by atoms with van der Waals surface area (Å²) in [5, 5.41) is 15.7. The fourth-order valence-corrected chi connectivity index (χ4v) is 2.45. The summed E-state index contributed by atoms with van der Waals surface area (Å²) in [6, 6.07) is 12.4. The summed E-state index contributed by atoms with van der Waals surface area (Å²) in [5.41, 5.74) is 2.40. The van der Waals surface area contributed by atoms with Gasteiger partial charge in [0.2, 0.25) is 5.95 Å². The van der Waals surface area contributed by atoms with Gasteiger partial charge in [-0.3, -0.25) is 0 Å². The fraction of sp³-hybridized carbons (Fsp3) is 0.444. The van der Waals surface area contributed by atoms with Crippen LogP contribution in [0.3, 0.4) is 0 Å². The molecule has 1 aromatic heterocycles. The molecule has 5 heteroatoms. The fourth-order valence-electron chi connectivity index (χ4n) is 2.45. The molecule has 0 unspecified atom stereocenters. The summed E-state index contributed by atoms with van der Waals surface area (Å²) in [5.74, 6) is 2.02. The first-order chi connectivity index (χ1) is 11.2. The minimum atomic E-state index is -0.0541. The average molecular weight is 312 g/mol. The second-order valence-corrected chi connectivity index (χ2v) is 6.17. The van der Waals surface area contributed by atoms with Crippen LogP contribution in [0, 0.1) is 0 Å². The molecule has 1 saturated carbocycles. The molecule has 1 aliphatic carbocycles. The normalized spacial score (nSPS) is 15.2. The molecular weight excluding hydrogens is 288 g/mol. The number of anilines is 2. The number of aromatic nitrogens is 2. The van der Waals surface area contributed by atoms with E-state index >= 15 is 0 Å². The van der Waals surface area contributed by atoms with E-state index in [4.69, 9.17) is 0 Å². The first kappa shape index (κ1) is 15.7. The highest BCUT2D eigenvalue weighted by atomic mass is 16.3. The van der Waals surface area contributed by atoms with Crippen molar-refractivity contribution in [3.63, 3.8) is 0 Å². The number of aliphatic hydroxyl groups excluding tert-OH is 1.